The zero-order valence-electron chi connectivity index (χ0n) is 16.7. The Labute approximate surface area is 211 Å². The molecule has 0 bridgehead atoms. The van der Waals surface area contributed by atoms with Crippen molar-refractivity contribution in [1.82, 2.24) is 4.90 Å². The molecule has 2 N–H and O–H groups in total. The predicted molar refractivity (Wildman–Crippen MR) is 143 cm³/mol. The Kier molecular flexibility index (Phi) is 11.7. The van der Waals surface area contributed by atoms with E-state index in [0.29, 0.717) is 28.1 Å². The van der Waals surface area contributed by atoms with Crippen molar-refractivity contribution in [2.45, 2.75) is 39.0 Å². The standard InChI is InChI=1S/C22H28Cl2I2N2O/c1-2-3-9-28(10-4-6-16-13-17(25)7-8-21(16)26)11-5-12-29-22-19(23)14-18(27)15-20(22)24/h7-8,13-15H,2-6,9-12,27H2,1H3. The molecule has 0 saturated heterocycles. The highest BCUT2D eigenvalue weighted by Crippen LogP contribution is 2.35. The summed E-state index contributed by atoms with van der Waals surface area (Å²) in [5.74, 6) is 0.524. The molecule has 0 aliphatic carbocycles. The molecule has 0 amide bonds. The number of hydrogen-bond acceptors (Lipinski definition) is 3. The average Bonchev–Trinajstić information content (AvgIpc) is 2.66. The van der Waals surface area contributed by atoms with E-state index in [1.54, 1.807) is 12.1 Å². The lowest BCUT2D eigenvalue weighted by Crippen LogP contribution is -2.28. The van der Waals surface area contributed by atoms with Gasteiger partial charge in [-0.15, -0.1) is 0 Å². The third kappa shape index (κ3) is 8.97. The summed E-state index contributed by atoms with van der Waals surface area (Å²) in [4.78, 5) is 2.54. The number of benzene rings is 2. The van der Waals surface area contributed by atoms with Gasteiger partial charge in [0, 0.05) is 19.4 Å². The molecule has 7 heteroatoms. The van der Waals surface area contributed by atoms with Crippen molar-refractivity contribution in [3.05, 3.63) is 53.1 Å². The number of rotatable bonds is 12. The Hall–Kier alpha value is 0.0400. The van der Waals surface area contributed by atoms with E-state index >= 15 is 0 Å². The van der Waals surface area contributed by atoms with Crippen molar-refractivity contribution in [3.8, 4) is 5.75 Å². The smallest absolute Gasteiger partial charge is 0.156 e. The summed E-state index contributed by atoms with van der Waals surface area (Å²) in [5.41, 5.74) is 7.73. The van der Waals surface area contributed by atoms with Crippen LogP contribution in [0.15, 0.2) is 30.3 Å². The van der Waals surface area contributed by atoms with E-state index in [9.17, 15) is 0 Å². The van der Waals surface area contributed by atoms with Crippen LogP contribution in [0.5, 0.6) is 5.75 Å². The van der Waals surface area contributed by atoms with Crippen LogP contribution in [-0.4, -0.2) is 31.1 Å². The molecule has 3 nitrogen and oxygen atoms in total. The fraction of sp³-hybridized carbons (Fsp3) is 0.455. The summed E-state index contributed by atoms with van der Waals surface area (Å²) in [5, 5.41) is 0.926. The first-order valence-electron chi connectivity index (χ1n) is 9.94. The van der Waals surface area contributed by atoms with Gasteiger partial charge in [0.1, 0.15) is 0 Å². The highest BCUT2D eigenvalue weighted by molar-refractivity contribution is 14.1. The van der Waals surface area contributed by atoms with Gasteiger partial charge in [-0.3, -0.25) is 0 Å². The molecule has 0 fully saturated rings. The number of nitrogens with zero attached hydrogens (tertiary/aromatic N) is 1. The van der Waals surface area contributed by atoms with Crippen molar-refractivity contribution in [2.75, 3.05) is 32.0 Å². The largest absolute Gasteiger partial charge is 0.490 e. The Morgan fingerprint density at radius 2 is 1.62 bits per heavy atom. The molecule has 0 saturated carbocycles. The maximum atomic E-state index is 6.19. The first kappa shape index (κ1) is 25.3. The minimum Gasteiger partial charge on any atom is -0.490 e. The number of ether oxygens (including phenoxy) is 1. The molecule has 0 aliphatic heterocycles. The van der Waals surface area contributed by atoms with Gasteiger partial charge in [-0.05, 0) is 120 Å². The molecule has 0 atom stereocenters. The summed E-state index contributed by atoms with van der Waals surface area (Å²) in [6.07, 6.45) is 5.64. The zero-order valence-corrected chi connectivity index (χ0v) is 22.5. The molecule has 160 valence electrons. The van der Waals surface area contributed by atoms with Gasteiger partial charge in [0.15, 0.2) is 5.75 Å². The lowest BCUT2D eigenvalue weighted by atomic mass is 10.1. The highest BCUT2D eigenvalue weighted by Gasteiger charge is 2.10. The molecule has 0 heterocycles. The summed E-state index contributed by atoms with van der Waals surface area (Å²) in [6.45, 7) is 6.06. The Morgan fingerprint density at radius 1 is 0.966 bits per heavy atom. The van der Waals surface area contributed by atoms with Gasteiger partial charge in [-0.25, -0.2) is 0 Å². The van der Waals surface area contributed by atoms with E-state index in [1.807, 2.05) is 0 Å². The van der Waals surface area contributed by atoms with E-state index < -0.39 is 0 Å². The van der Waals surface area contributed by atoms with Gasteiger partial charge in [-0.1, -0.05) is 36.5 Å². The number of anilines is 1. The van der Waals surface area contributed by atoms with Crippen LogP contribution >= 0.6 is 68.4 Å². The van der Waals surface area contributed by atoms with Crippen LogP contribution in [0.4, 0.5) is 5.69 Å². The topological polar surface area (TPSA) is 38.5 Å². The minimum atomic E-state index is 0.463. The quantitative estimate of drug-likeness (QED) is 0.148. The van der Waals surface area contributed by atoms with E-state index in [4.69, 9.17) is 33.7 Å². The third-order valence-corrected chi connectivity index (χ3v) is 6.93. The van der Waals surface area contributed by atoms with E-state index in [1.165, 1.54) is 25.5 Å². The summed E-state index contributed by atoms with van der Waals surface area (Å²) in [7, 11) is 0. The van der Waals surface area contributed by atoms with Gasteiger partial charge in [-0.2, -0.15) is 0 Å². The second kappa shape index (κ2) is 13.5. The van der Waals surface area contributed by atoms with E-state index in [0.717, 1.165) is 38.9 Å². The molecule has 2 aromatic carbocycles. The first-order valence-corrected chi connectivity index (χ1v) is 12.9. The SMILES string of the molecule is CCCCN(CCCOc1c(Cl)cc(N)cc1Cl)CCCc1cc(I)ccc1I. The van der Waals surface area contributed by atoms with Gasteiger partial charge in [0.05, 0.1) is 16.7 Å². The zero-order chi connectivity index (χ0) is 21.2. The van der Waals surface area contributed by atoms with Gasteiger partial charge in [0.25, 0.3) is 0 Å². The van der Waals surface area contributed by atoms with Gasteiger partial charge >= 0.3 is 0 Å². The average molecular weight is 661 g/mol. The number of halogens is 4. The van der Waals surface area contributed by atoms with Crippen LogP contribution in [0, 0.1) is 7.14 Å². The summed E-state index contributed by atoms with van der Waals surface area (Å²) >= 11 is 17.2. The molecular weight excluding hydrogens is 633 g/mol. The molecule has 0 radical (unpaired) electrons. The molecular formula is C22H28Cl2I2N2O. The normalized spacial score (nSPS) is 11.2. The highest BCUT2D eigenvalue weighted by atomic mass is 127. The van der Waals surface area contributed by atoms with Crippen molar-refractivity contribution in [1.29, 1.82) is 0 Å². The monoisotopic (exact) mass is 660 g/mol. The minimum absolute atomic E-state index is 0.463. The van der Waals surface area contributed by atoms with Crippen LogP contribution in [0.1, 0.15) is 38.2 Å². The predicted octanol–water partition coefficient (Wildman–Crippen LogP) is 7.29. The number of nitrogens with two attached hydrogens (primary N) is 1. The van der Waals surface area contributed by atoms with Crippen molar-refractivity contribution >= 4 is 74.1 Å². The number of nitrogen functional groups attached to an aromatic ring is 1. The van der Waals surface area contributed by atoms with Crippen LogP contribution < -0.4 is 10.5 Å². The lowest BCUT2D eigenvalue weighted by Gasteiger charge is -2.22. The second-order valence-electron chi connectivity index (χ2n) is 7.05. The van der Waals surface area contributed by atoms with E-state index in [2.05, 4.69) is 75.2 Å². The van der Waals surface area contributed by atoms with Crippen molar-refractivity contribution in [3.63, 3.8) is 0 Å². The number of unbranched alkanes of at least 4 members (excludes halogenated alkanes) is 1. The fourth-order valence-corrected chi connectivity index (χ4v) is 4.90. The summed E-state index contributed by atoms with van der Waals surface area (Å²) in [6, 6.07) is 10.0. The lowest BCUT2D eigenvalue weighted by molar-refractivity contribution is 0.229. The van der Waals surface area contributed by atoms with Crippen LogP contribution in [0.2, 0.25) is 10.0 Å². The number of hydrogen-bond donors (Lipinski definition) is 1. The third-order valence-electron chi connectivity index (χ3n) is 4.64. The molecule has 0 aromatic heterocycles. The fourth-order valence-electron chi connectivity index (χ4n) is 3.12. The molecule has 2 aromatic rings. The Morgan fingerprint density at radius 3 is 2.31 bits per heavy atom. The Bertz CT molecular complexity index is 766. The first-order chi connectivity index (χ1) is 13.9. The Balaban J connectivity index is 1.80. The maximum absolute atomic E-state index is 6.19. The second-order valence-corrected chi connectivity index (χ2v) is 10.3. The van der Waals surface area contributed by atoms with E-state index in [-0.39, 0.29) is 0 Å². The van der Waals surface area contributed by atoms with Crippen LogP contribution in [0.3, 0.4) is 0 Å². The molecule has 0 spiro atoms. The summed E-state index contributed by atoms with van der Waals surface area (Å²) < 4.78 is 8.49. The molecule has 2 rings (SSSR count). The molecule has 29 heavy (non-hydrogen) atoms. The van der Waals surface area contributed by atoms with Crippen molar-refractivity contribution < 1.29 is 4.74 Å². The molecule has 0 unspecified atom stereocenters. The number of aryl methyl sites for hydroxylation is 1. The maximum Gasteiger partial charge on any atom is 0.156 e. The van der Waals surface area contributed by atoms with Crippen molar-refractivity contribution in [2.24, 2.45) is 0 Å². The molecule has 0 aliphatic rings. The van der Waals surface area contributed by atoms with Gasteiger partial charge < -0.3 is 15.4 Å². The van der Waals surface area contributed by atoms with Crippen LogP contribution in [0.25, 0.3) is 0 Å². The van der Waals surface area contributed by atoms with Crippen LogP contribution in [-0.2, 0) is 6.42 Å². The van der Waals surface area contributed by atoms with Gasteiger partial charge in [0.2, 0.25) is 0 Å².